The number of nitrogens with one attached hydrogen (secondary N) is 2. The number of rotatable bonds is 6. The number of nitrogens with zero attached hydrogens (tertiary/aromatic N) is 1. The van der Waals surface area contributed by atoms with Crippen LogP contribution in [-0.4, -0.2) is 39.2 Å². The molecule has 0 aromatic carbocycles. The topological polar surface area (TPSA) is 112 Å². The zero-order valence-corrected chi connectivity index (χ0v) is 15.6. The maximum Gasteiger partial charge on any atom is 0.270 e. The van der Waals surface area contributed by atoms with Crippen LogP contribution in [0.3, 0.4) is 0 Å². The van der Waals surface area contributed by atoms with E-state index >= 15 is 0 Å². The molecule has 28 heavy (non-hydrogen) atoms. The number of carbonyl (C=O) groups is 2. The summed E-state index contributed by atoms with van der Waals surface area (Å²) >= 11 is 0. The summed E-state index contributed by atoms with van der Waals surface area (Å²) in [6.07, 6.45) is 6.15. The highest BCUT2D eigenvalue weighted by molar-refractivity contribution is 5.96. The molecule has 1 saturated carbocycles. The van der Waals surface area contributed by atoms with Crippen LogP contribution in [0.2, 0.25) is 0 Å². The fourth-order valence-electron chi connectivity index (χ4n) is 3.45. The average Bonchev–Trinajstić information content (AvgIpc) is 2.65. The molecule has 1 heterocycles. The SMILES string of the molecule is CC1C(F)=CC=C(O)C1CC(=O)Nc1ccnc(C(=O)NC2(CO)CCC2)c1. The van der Waals surface area contributed by atoms with E-state index in [2.05, 4.69) is 15.6 Å². The van der Waals surface area contributed by atoms with Gasteiger partial charge in [-0.25, -0.2) is 4.39 Å². The molecule has 8 heteroatoms. The maximum absolute atomic E-state index is 13.7. The molecule has 2 aliphatic rings. The van der Waals surface area contributed by atoms with Crippen LogP contribution >= 0.6 is 0 Å². The van der Waals surface area contributed by atoms with Crippen LogP contribution in [0.4, 0.5) is 10.1 Å². The molecule has 1 aromatic rings. The summed E-state index contributed by atoms with van der Waals surface area (Å²) < 4.78 is 13.7. The van der Waals surface area contributed by atoms with Crippen molar-refractivity contribution in [3.8, 4) is 0 Å². The highest BCUT2D eigenvalue weighted by atomic mass is 19.1. The fraction of sp³-hybridized carbons (Fsp3) is 0.450. The number of hydrogen-bond acceptors (Lipinski definition) is 5. The molecule has 2 amide bonds. The smallest absolute Gasteiger partial charge is 0.270 e. The Labute approximate surface area is 162 Å². The standard InChI is InChI=1S/C20H24FN3O4/c1-12-14(17(26)4-3-15(12)21)10-18(27)23-13-5-8-22-16(9-13)19(28)24-20(11-25)6-2-7-20/h3-5,8-9,12,14,25-26H,2,6-7,10-11H2,1H3,(H,24,28)(H,22,23,27). The largest absolute Gasteiger partial charge is 0.512 e. The van der Waals surface area contributed by atoms with Gasteiger partial charge in [0, 0.05) is 30.1 Å². The van der Waals surface area contributed by atoms with Gasteiger partial charge in [-0.2, -0.15) is 0 Å². The van der Waals surface area contributed by atoms with Crippen molar-refractivity contribution in [3.63, 3.8) is 0 Å². The van der Waals surface area contributed by atoms with Crippen molar-refractivity contribution in [1.29, 1.82) is 0 Å². The van der Waals surface area contributed by atoms with Gasteiger partial charge in [-0.1, -0.05) is 6.92 Å². The molecule has 0 aliphatic heterocycles. The van der Waals surface area contributed by atoms with E-state index in [1.807, 2.05) is 0 Å². The number of aliphatic hydroxyl groups excluding tert-OH is 2. The minimum atomic E-state index is -0.641. The predicted molar refractivity (Wildman–Crippen MR) is 101 cm³/mol. The predicted octanol–water partition coefficient (Wildman–Crippen LogP) is 2.62. The second kappa shape index (κ2) is 8.10. The van der Waals surface area contributed by atoms with Crippen molar-refractivity contribution in [3.05, 3.63) is 47.8 Å². The first-order valence-corrected chi connectivity index (χ1v) is 9.29. The van der Waals surface area contributed by atoms with Crippen LogP contribution in [0.25, 0.3) is 0 Å². The van der Waals surface area contributed by atoms with Gasteiger partial charge in [-0.05, 0) is 43.5 Å². The third-order valence-electron chi connectivity index (χ3n) is 5.51. The molecule has 1 fully saturated rings. The fourth-order valence-corrected chi connectivity index (χ4v) is 3.45. The van der Waals surface area contributed by atoms with Crippen molar-refractivity contribution < 1.29 is 24.2 Å². The summed E-state index contributed by atoms with van der Waals surface area (Å²) in [5.74, 6) is -2.47. The zero-order valence-electron chi connectivity index (χ0n) is 15.6. The quantitative estimate of drug-likeness (QED) is 0.598. The van der Waals surface area contributed by atoms with E-state index < -0.39 is 29.2 Å². The Hall–Kier alpha value is -2.74. The van der Waals surface area contributed by atoms with Crippen molar-refractivity contribution in [2.24, 2.45) is 11.8 Å². The van der Waals surface area contributed by atoms with Gasteiger partial charge in [0.25, 0.3) is 5.91 Å². The number of aliphatic hydroxyl groups is 2. The van der Waals surface area contributed by atoms with E-state index in [1.165, 1.54) is 24.4 Å². The third-order valence-corrected chi connectivity index (χ3v) is 5.51. The first-order chi connectivity index (χ1) is 13.3. The molecule has 2 aliphatic carbocycles. The number of allylic oxidation sites excluding steroid dienone is 4. The molecule has 3 rings (SSSR count). The van der Waals surface area contributed by atoms with E-state index in [9.17, 15) is 24.2 Å². The minimum Gasteiger partial charge on any atom is -0.512 e. The number of halogens is 1. The number of hydrogen-bond donors (Lipinski definition) is 4. The van der Waals surface area contributed by atoms with Crippen LogP contribution in [0, 0.1) is 11.8 Å². The Bertz CT molecular complexity index is 827. The molecular weight excluding hydrogens is 365 g/mol. The molecule has 0 bridgehead atoms. The molecule has 1 aromatic heterocycles. The van der Waals surface area contributed by atoms with E-state index in [0.29, 0.717) is 18.5 Å². The summed E-state index contributed by atoms with van der Waals surface area (Å²) in [6, 6.07) is 2.98. The van der Waals surface area contributed by atoms with Crippen LogP contribution in [0.1, 0.15) is 43.1 Å². The highest BCUT2D eigenvalue weighted by Crippen LogP contribution is 2.33. The number of carbonyl (C=O) groups excluding carboxylic acids is 2. The monoisotopic (exact) mass is 389 g/mol. The van der Waals surface area contributed by atoms with Crippen LogP contribution < -0.4 is 10.6 Å². The van der Waals surface area contributed by atoms with Gasteiger partial charge in [0.1, 0.15) is 11.5 Å². The van der Waals surface area contributed by atoms with Crippen LogP contribution in [-0.2, 0) is 4.79 Å². The summed E-state index contributed by atoms with van der Waals surface area (Å²) in [5, 5.41) is 24.9. The Balaban J connectivity index is 1.63. The van der Waals surface area contributed by atoms with E-state index in [1.54, 1.807) is 13.0 Å². The number of aromatic nitrogens is 1. The van der Waals surface area contributed by atoms with Gasteiger partial charge in [-0.15, -0.1) is 0 Å². The van der Waals surface area contributed by atoms with E-state index in [0.717, 1.165) is 6.42 Å². The number of amides is 2. The lowest BCUT2D eigenvalue weighted by molar-refractivity contribution is -0.117. The van der Waals surface area contributed by atoms with E-state index in [-0.39, 0.29) is 30.3 Å². The van der Waals surface area contributed by atoms with E-state index in [4.69, 9.17) is 0 Å². The third kappa shape index (κ3) is 4.22. The van der Waals surface area contributed by atoms with Crippen LogP contribution in [0.15, 0.2) is 42.1 Å². The molecule has 0 radical (unpaired) electrons. The first-order valence-electron chi connectivity index (χ1n) is 9.29. The van der Waals surface area contributed by atoms with Crippen molar-refractivity contribution in [2.75, 3.05) is 11.9 Å². The Morgan fingerprint density at radius 2 is 2.11 bits per heavy atom. The summed E-state index contributed by atoms with van der Waals surface area (Å²) in [7, 11) is 0. The van der Waals surface area contributed by atoms with Gasteiger partial charge >= 0.3 is 0 Å². The first kappa shape index (κ1) is 20.0. The Morgan fingerprint density at radius 3 is 2.75 bits per heavy atom. The van der Waals surface area contributed by atoms with Gasteiger partial charge in [-0.3, -0.25) is 14.6 Å². The second-order valence-electron chi connectivity index (χ2n) is 7.47. The van der Waals surface area contributed by atoms with Crippen molar-refractivity contribution in [1.82, 2.24) is 10.3 Å². The number of pyridine rings is 1. The molecule has 4 N–H and O–H groups in total. The summed E-state index contributed by atoms with van der Waals surface area (Å²) in [6.45, 7) is 1.48. The average molecular weight is 389 g/mol. The van der Waals surface area contributed by atoms with Crippen molar-refractivity contribution >= 4 is 17.5 Å². The normalized spacial score (nSPS) is 23.1. The lowest BCUT2D eigenvalue weighted by atomic mass is 9.77. The molecule has 2 unspecified atom stereocenters. The van der Waals surface area contributed by atoms with Gasteiger partial charge < -0.3 is 20.8 Å². The number of anilines is 1. The van der Waals surface area contributed by atoms with Crippen LogP contribution in [0.5, 0.6) is 0 Å². The van der Waals surface area contributed by atoms with Gasteiger partial charge in [0.15, 0.2) is 0 Å². The molecule has 0 saturated heterocycles. The lowest BCUT2D eigenvalue weighted by Gasteiger charge is -2.40. The van der Waals surface area contributed by atoms with Crippen molar-refractivity contribution in [2.45, 2.75) is 38.1 Å². The second-order valence-corrected chi connectivity index (χ2v) is 7.47. The summed E-state index contributed by atoms with van der Waals surface area (Å²) in [5.41, 5.74) is -0.0867. The summed E-state index contributed by atoms with van der Waals surface area (Å²) in [4.78, 5) is 28.8. The Kier molecular flexibility index (Phi) is 5.79. The Morgan fingerprint density at radius 1 is 1.36 bits per heavy atom. The maximum atomic E-state index is 13.7. The minimum absolute atomic E-state index is 0.0337. The highest BCUT2D eigenvalue weighted by Gasteiger charge is 2.38. The molecular formula is C20H24FN3O4. The molecule has 150 valence electrons. The van der Waals surface area contributed by atoms with Gasteiger partial charge in [0.2, 0.25) is 5.91 Å². The van der Waals surface area contributed by atoms with Gasteiger partial charge in [0.05, 0.1) is 17.9 Å². The molecule has 2 atom stereocenters. The molecule has 7 nitrogen and oxygen atoms in total. The zero-order chi connectivity index (χ0) is 20.3. The molecule has 0 spiro atoms. The lowest BCUT2D eigenvalue weighted by Crippen LogP contribution is -2.56.